The van der Waals surface area contributed by atoms with E-state index >= 15 is 0 Å². The third-order valence-electron chi connectivity index (χ3n) is 1.64. The van der Waals surface area contributed by atoms with E-state index in [2.05, 4.69) is 27.5 Å². The third kappa shape index (κ3) is 3.11. The van der Waals surface area contributed by atoms with Crippen molar-refractivity contribution >= 4 is 0 Å². The van der Waals surface area contributed by atoms with Crippen molar-refractivity contribution in [2.75, 3.05) is 0 Å². The van der Waals surface area contributed by atoms with Crippen LogP contribution in [0.4, 0.5) is 0 Å². The van der Waals surface area contributed by atoms with Crippen LogP contribution in [0.3, 0.4) is 0 Å². The van der Waals surface area contributed by atoms with Crippen LogP contribution < -0.4 is 0 Å². The molecule has 0 unspecified atom stereocenters. The number of tetrazole rings is 1. The fraction of sp³-hybridized carbons (Fsp3) is 0.857. The molecule has 0 aliphatic carbocycles. The molecule has 0 atom stereocenters. The van der Waals surface area contributed by atoms with Gasteiger partial charge in [0.05, 0.1) is 0 Å². The van der Waals surface area contributed by atoms with Crippen LogP contribution in [0.2, 0.25) is 0 Å². The van der Waals surface area contributed by atoms with Crippen LogP contribution in [0, 0.1) is 0 Å². The number of hydrogen-bond acceptors (Lipinski definition) is 3. The van der Waals surface area contributed by atoms with E-state index in [9.17, 15) is 0 Å². The van der Waals surface area contributed by atoms with Crippen LogP contribution in [0.1, 0.15) is 38.4 Å². The Hall–Kier alpha value is -0.930. The zero-order valence-electron chi connectivity index (χ0n) is 6.88. The van der Waals surface area contributed by atoms with E-state index in [0.717, 1.165) is 12.2 Å². The number of nitrogens with zero attached hydrogens (tertiary/aromatic N) is 3. The van der Waals surface area contributed by atoms with Crippen LogP contribution in [0.5, 0.6) is 0 Å². The third-order valence-corrected chi connectivity index (χ3v) is 1.64. The van der Waals surface area contributed by atoms with Crippen LogP contribution >= 0.6 is 0 Å². The van der Waals surface area contributed by atoms with E-state index in [1.807, 2.05) is 0 Å². The number of unbranched alkanes of at least 4 members (excludes halogenated alkanes) is 3. The lowest BCUT2D eigenvalue weighted by Crippen LogP contribution is -1.88. The molecule has 1 rings (SSSR count). The fourth-order valence-electron chi connectivity index (χ4n) is 0.998. The molecular weight excluding hydrogens is 140 g/mol. The molecule has 0 amide bonds. The summed E-state index contributed by atoms with van der Waals surface area (Å²) in [6.07, 6.45) is 5.97. The summed E-state index contributed by atoms with van der Waals surface area (Å²) in [5.41, 5.74) is 0. The lowest BCUT2D eigenvalue weighted by atomic mass is 10.1. The highest BCUT2D eigenvalue weighted by Gasteiger charge is 1.95. The van der Waals surface area contributed by atoms with Gasteiger partial charge >= 0.3 is 0 Å². The Morgan fingerprint density at radius 3 is 2.82 bits per heavy atom. The van der Waals surface area contributed by atoms with Crippen molar-refractivity contribution in [2.24, 2.45) is 0 Å². The summed E-state index contributed by atoms with van der Waals surface area (Å²) < 4.78 is 0. The summed E-state index contributed by atoms with van der Waals surface area (Å²) in [5.74, 6) is 0.834. The number of hydrogen-bond donors (Lipinski definition) is 1. The van der Waals surface area contributed by atoms with E-state index in [4.69, 9.17) is 0 Å². The van der Waals surface area contributed by atoms with Gasteiger partial charge in [0, 0.05) is 6.42 Å². The smallest absolute Gasteiger partial charge is 0.174 e. The van der Waals surface area contributed by atoms with Gasteiger partial charge in [0.15, 0.2) is 5.82 Å². The molecule has 0 radical (unpaired) electrons. The van der Waals surface area contributed by atoms with Crippen molar-refractivity contribution in [3.05, 3.63) is 5.82 Å². The first-order chi connectivity index (χ1) is 5.43. The molecule has 1 N–H and O–H groups in total. The van der Waals surface area contributed by atoms with Crippen molar-refractivity contribution < 1.29 is 0 Å². The Kier molecular flexibility index (Phi) is 3.58. The van der Waals surface area contributed by atoms with Crippen LogP contribution in [0.25, 0.3) is 0 Å². The predicted octanol–water partition coefficient (Wildman–Crippen LogP) is 1.32. The lowest BCUT2D eigenvalue weighted by molar-refractivity contribution is 0.653. The lowest BCUT2D eigenvalue weighted by Gasteiger charge is -1.93. The second-order valence-corrected chi connectivity index (χ2v) is 2.64. The van der Waals surface area contributed by atoms with Crippen LogP contribution in [-0.4, -0.2) is 20.6 Å². The maximum Gasteiger partial charge on any atom is 0.174 e. The van der Waals surface area contributed by atoms with Gasteiger partial charge in [-0.3, -0.25) is 0 Å². The first-order valence-electron chi connectivity index (χ1n) is 4.16. The van der Waals surface area contributed by atoms with Gasteiger partial charge in [-0.15, -0.1) is 10.2 Å². The Morgan fingerprint density at radius 1 is 1.27 bits per heavy atom. The molecule has 0 saturated carbocycles. The maximum atomic E-state index is 3.87. The highest BCUT2D eigenvalue weighted by atomic mass is 15.5. The first-order valence-corrected chi connectivity index (χ1v) is 4.16. The number of aromatic amines is 1. The SMILES string of the molecule is CCCCCCc1nn[nH]n1. The number of H-pyrrole nitrogens is 1. The van der Waals surface area contributed by atoms with Crippen molar-refractivity contribution in [3.63, 3.8) is 0 Å². The van der Waals surface area contributed by atoms with Crippen LogP contribution in [0.15, 0.2) is 0 Å². The maximum absolute atomic E-state index is 3.87. The van der Waals surface area contributed by atoms with E-state index in [0.29, 0.717) is 0 Å². The van der Waals surface area contributed by atoms with Gasteiger partial charge in [-0.1, -0.05) is 31.4 Å². The number of rotatable bonds is 5. The normalized spacial score (nSPS) is 10.3. The van der Waals surface area contributed by atoms with Crippen molar-refractivity contribution in [2.45, 2.75) is 39.0 Å². The minimum Gasteiger partial charge on any atom is -0.177 e. The summed E-state index contributed by atoms with van der Waals surface area (Å²) in [6.45, 7) is 2.20. The fourth-order valence-corrected chi connectivity index (χ4v) is 0.998. The Labute approximate surface area is 66.4 Å². The van der Waals surface area contributed by atoms with Gasteiger partial charge in [0.1, 0.15) is 0 Å². The Morgan fingerprint density at radius 2 is 2.18 bits per heavy atom. The monoisotopic (exact) mass is 154 g/mol. The summed E-state index contributed by atoms with van der Waals surface area (Å²) >= 11 is 0. The van der Waals surface area contributed by atoms with Crippen molar-refractivity contribution in [1.82, 2.24) is 20.6 Å². The Bertz CT molecular complexity index is 171. The highest BCUT2D eigenvalue weighted by molar-refractivity contribution is 4.74. The van der Waals surface area contributed by atoms with Gasteiger partial charge in [-0.05, 0) is 6.42 Å². The molecule has 1 aromatic heterocycles. The largest absolute Gasteiger partial charge is 0.177 e. The molecule has 62 valence electrons. The van der Waals surface area contributed by atoms with Crippen molar-refractivity contribution in [3.8, 4) is 0 Å². The Balaban J connectivity index is 2.04. The van der Waals surface area contributed by atoms with E-state index in [-0.39, 0.29) is 0 Å². The highest BCUT2D eigenvalue weighted by Crippen LogP contribution is 2.01. The number of nitrogens with one attached hydrogen (secondary N) is 1. The average Bonchev–Trinajstić information content (AvgIpc) is 2.50. The molecule has 4 nitrogen and oxygen atoms in total. The molecule has 0 aliphatic rings. The molecule has 1 aromatic rings. The average molecular weight is 154 g/mol. The standard InChI is InChI=1S/C7H14N4/c1-2-3-4-5-6-7-8-10-11-9-7/h2-6H2,1H3,(H,8,9,10,11). The van der Waals surface area contributed by atoms with E-state index in [1.54, 1.807) is 0 Å². The molecule has 0 spiro atoms. The molecule has 0 saturated heterocycles. The first kappa shape index (κ1) is 8.17. The van der Waals surface area contributed by atoms with Gasteiger partial charge in [-0.2, -0.15) is 5.21 Å². The van der Waals surface area contributed by atoms with Gasteiger partial charge in [-0.25, -0.2) is 0 Å². The predicted molar refractivity (Wildman–Crippen MR) is 42.0 cm³/mol. The zero-order chi connectivity index (χ0) is 7.94. The molecule has 0 aromatic carbocycles. The molecule has 1 heterocycles. The van der Waals surface area contributed by atoms with Gasteiger partial charge < -0.3 is 0 Å². The van der Waals surface area contributed by atoms with Gasteiger partial charge in [0.25, 0.3) is 0 Å². The molecule has 0 aliphatic heterocycles. The summed E-state index contributed by atoms with van der Waals surface area (Å²) in [6, 6.07) is 0. The molecule has 0 bridgehead atoms. The van der Waals surface area contributed by atoms with E-state index < -0.39 is 0 Å². The molecule has 11 heavy (non-hydrogen) atoms. The van der Waals surface area contributed by atoms with Crippen molar-refractivity contribution in [1.29, 1.82) is 0 Å². The molecule has 0 fully saturated rings. The summed E-state index contributed by atoms with van der Waals surface area (Å²) in [4.78, 5) is 0. The summed E-state index contributed by atoms with van der Waals surface area (Å²) in [5, 5.41) is 13.7. The second kappa shape index (κ2) is 4.82. The number of aromatic nitrogens is 4. The minimum absolute atomic E-state index is 0.834. The molecule has 4 heteroatoms. The quantitative estimate of drug-likeness (QED) is 0.651. The molecular formula is C7H14N4. The minimum atomic E-state index is 0.834. The van der Waals surface area contributed by atoms with Crippen LogP contribution in [-0.2, 0) is 6.42 Å². The number of aryl methyl sites for hydroxylation is 1. The second-order valence-electron chi connectivity index (χ2n) is 2.64. The van der Waals surface area contributed by atoms with E-state index in [1.165, 1.54) is 25.7 Å². The zero-order valence-corrected chi connectivity index (χ0v) is 6.88. The van der Waals surface area contributed by atoms with Gasteiger partial charge in [0.2, 0.25) is 0 Å². The topological polar surface area (TPSA) is 54.5 Å². The summed E-state index contributed by atoms with van der Waals surface area (Å²) in [7, 11) is 0.